The third-order valence-electron chi connectivity index (χ3n) is 6.28. The van der Waals surface area contributed by atoms with Crippen LogP contribution in [-0.4, -0.2) is 39.6 Å². The summed E-state index contributed by atoms with van der Waals surface area (Å²) in [5.74, 6) is -1.73. The van der Waals surface area contributed by atoms with E-state index in [0.29, 0.717) is 11.3 Å². The minimum Gasteiger partial charge on any atom is -0.348 e. The van der Waals surface area contributed by atoms with Gasteiger partial charge in [0, 0.05) is 31.0 Å². The number of hydrogen-bond acceptors (Lipinski definition) is 5. The van der Waals surface area contributed by atoms with E-state index in [1.165, 1.54) is 6.20 Å². The van der Waals surface area contributed by atoms with E-state index in [1.807, 2.05) is 36.4 Å². The number of pyridine rings is 1. The largest absolute Gasteiger partial charge is 0.348 e. The Bertz CT molecular complexity index is 1470. The number of nitrogens with one attached hydrogen (secondary N) is 2. The fourth-order valence-corrected chi connectivity index (χ4v) is 4.40. The Balaban J connectivity index is 1.34. The van der Waals surface area contributed by atoms with E-state index in [4.69, 9.17) is 0 Å². The van der Waals surface area contributed by atoms with Crippen LogP contribution in [0.25, 0.3) is 0 Å². The summed E-state index contributed by atoms with van der Waals surface area (Å²) in [6.45, 7) is 0.239. The van der Waals surface area contributed by atoms with Crippen LogP contribution in [0.3, 0.4) is 0 Å². The van der Waals surface area contributed by atoms with Crippen molar-refractivity contribution < 1.29 is 19.2 Å². The molecule has 2 heterocycles. The lowest BCUT2D eigenvalue weighted by Crippen LogP contribution is -2.48. The molecule has 38 heavy (non-hydrogen) atoms. The molecule has 0 saturated carbocycles. The van der Waals surface area contributed by atoms with E-state index in [9.17, 15) is 19.2 Å². The van der Waals surface area contributed by atoms with Crippen molar-refractivity contribution in [1.29, 1.82) is 0 Å². The average Bonchev–Trinajstić information content (AvgIpc) is 3.21. The van der Waals surface area contributed by atoms with Gasteiger partial charge in [-0.2, -0.15) is 0 Å². The highest BCUT2D eigenvalue weighted by atomic mass is 16.2. The maximum atomic E-state index is 13.6. The summed E-state index contributed by atoms with van der Waals surface area (Å²) in [6, 6.07) is 25.2. The quantitative estimate of drug-likeness (QED) is 0.354. The second kappa shape index (κ2) is 10.9. The van der Waals surface area contributed by atoms with Gasteiger partial charge in [-0.25, -0.2) is 0 Å². The molecule has 2 N–H and O–H groups in total. The lowest BCUT2D eigenvalue weighted by atomic mass is 10.0. The standard InChI is InChI=1S/C30H24N4O4/c35-27(22-11-7-15-31-19-22)32-18-21-10-6-12-23(16-21)33-28(36)26(17-20-8-2-1-3-9-20)34-29(37)24-13-4-5-14-25(24)30(34)38/h1-16,19,26H,17-18H2,(H,32,35)(H,33,36). The molecular weight excluding hydrogens is 480 g/mol. The molecule has 5 rings (SSSR count). The van der Waals surface area contributed by atoms with E-state index < -0.39 is 23.8 Å². The molecule has 4 amide bonds. The van der Waals surface area contributed by atoms with Crippen LogP contribution >= 0.6 is 0 Å². The SMILES string of the molecule is O=C(NCc1cccc(NC(=O)C(Cc2ccccc2)N2C(=O)c3ccccc3C2=O)c1)c1cccnc1. The Morgan fingerprint density at radius 1 is 0.789 bits per heavy atom. The number of carbonyl (C=O) groups excluding carboxylic acids is 4. The molecule has 0 bridgehead atoms. The first-order valence-corrected chi connectivity index (χ1v) is 12.1. The number of carbonyl (C=O) groups is 4. The first kappa shape index (κ1) is 24.6. The molecule has 0 fully saturated rings. The van der Waals surface area contributed by atoms with E-state index in [0.717, 1.165) is 16.0 Å². The maximum Gasteiger partial charge on any atom is 0.262 e. The van der Waals surface area contributed by atoms with Crippen molar-refractivity contribution in [3.05, 3.63) is 131 Å². The van der Waals surface area contributed by atoms with Crippen LogP contribution in [0.5, 0.6) is 0 Å². The number of benzene rings is 3. The van der Waals surface area contributed by atoms with Crippen LogP contribution in [0.2, 0.25) is 0 Å². The van der Waals surface area contributed by atoms with E-state index in [-0.39, 0.29) is 30.0 Å². The van der Waals surface area contributed by atoms with Crippen molar-refractivity contribution in [3.63, 3.8) is 0 Å². The predicted octanol–water partition coefficient (Wildman–Crippen LogP) is 3.86. The molecular formula is C30H24N4O4. The Morgan fingerprint density at radius 3 is 2.16 bits per heavy atom. The molecule has 4 aromatic rings. The van der Waals surface area contributed by atoms with E-state index in [1.54, 1.807) is 60.8 Å². The van der Waals surface area contributed by atoms with Crippen LogP contribution in [-0.2, 0) is 17.8 Å². The van der Waals surface area contributed by atoms with Gasteiger partial charge >= 0.3 is 0 Å². The Morgan fingerprint density at radius 2 is 1.47 bits per heavy atom. The van der Waals surface area contributed by atoms with Gasteiger partial charge in [0.15, 0.2) is 0 Å². The second-order valence-corrected chi connectivity index (χ2v) is 8.85. The van der Waals surface area contributed by atoms with E-state index >= 15 is 0 Å². The zero-order valence-electron chi connectivity index (χ0n) is 20.3. The molecule has 0 radical (unpaired) electrons. The zero-order chi connectivity index (χ0) is 26.5. The second-order valence-electron chi connectivity index (χ2n) is 8.85. The number of aromatic nitrogens is 1. The van der Waals surface area contributed by atoms with Gasteiger partial charge < -0.3 is 10.6 Å². The summed E-state index contributed by atoms with van der Waals surface area (Å²) in [6.07, 6.45) is 3.24. The third kappa shape index (κ3) is 5.19. The molecule has 1 aromatic heterocycles. The highest BCUT2D eigenvalue weighted by Gasteiger charge is 2.42. The van der Waals surface area contributed by atoms with Crippen LogP contribution in [0.15, 0.2) is 103 Å². The van der Waals surface area contributed by atoms with Crippen molar-refractivity contribution in [1.82, 2.24) is 15.2 Å². The lowest BCUT2D eigenvalue weighted by Gasteiger charge is -2.25. The van der Waals surface area contributed by atoms with Crippen molar-refractivity contribution in [2.45, 2.75) is 19.0 Å². The topological polar surface area (TPSA) is 108 Å². The molecule has 8 nitrogen and oxygen atoms in total. The number of fused-ring (bicyclic) bond motifs is 1. The van der Waals surface area contributed by atoms with Crippen LogP contribution < -0.4 is 10.6 Å². The fraction of sp³-hybridized carbons (Fsp3) is 0.100. The molecule has 1 unspecified atom stereocenters. The number of imide groups is 1. The number of rotatable bonds is 8. The third-order valence-corrected chi connectivity index (χ3v) is 6.28. The van der Waals surface area contributed by atoms with Gasteiger partial charge in [0.1, 0.15) is 6.04 Å². The summed E-state index contributed by atoms with van der Waals surface area (Å²) in [7, 11) is 0. The average molecular weight is 505 g/mol. The van der Waals surface area contributed by atoms with Crippen molar-refractivity contribution in [2.24, 2.45) is 0 Å². The molecule has 8 heteroatoms. The van der Waals surface area contributed by atoms with Crippen LogP contribution in [0.1, 0.15) is 42.2 Å². The molecule has 0 spiro atoms. The predicted molar refractivity (Wildman–Crippen MR) is 141 cm³/mol. The minimum absolute atomic E-state index is 0.166. The number of hydrogen-bond donors (Lipinski definition) is 2. The lowest BCUT2D eigenvalue weighted by molar-refractivity contribution is -0.119. The summed E-state index contributed by atoms with van der Waals surface area (Å²) >= 11 is 0. The first-order chi connectivity index (χ1) is 18.5. The normalized spacial score (nSPS) is 13.1. The molecule has 1 aliphatic heterocycles. The maximum absolute atomic E-state index is 13.6. The highest BCUT2D eigenvalue weighted by molar-refractivity contribution is 6.23. The minimum atomic E-state index is -1.06. The fourth-order valence-electron chi connectivity index (χ4n) is 4.40. The summed E-state index contributed by atoms with van der Waals surface area (Å²) in [5, 5.41) is 5.69. The Labute approximate surface area is 219 Å². The molecule has 1 aliphatic rings. The number of nitrogens with zero attached hydrogens (tertiary/aromatic N) is 2. The summed E-state index contributed by atoms with van der Waals surface area (Å²) in [5.41, 5.74) is 3.08. The Hall–Kier alpha value is -5.11. The summed E-state index contributed by atoms with van der Waals surface area (Å²) in [4.78, 5) is 57.3. The first-order valence-electron chi connectivity index (χ1n) is 12.1. The van der Waals surface area contributed by atoms with Gasteiger partial charge in [-0.15, -0.1) is 0 Å². The van der Waals surface area contributed by atoms with Crippen molar-refractivity contribution in [3.8, 4) is 0 Å². The number of anilines is 1. The molecule has 188 valence electrons. The molecule has 3 aromatic carbocycles. The van der Waals surface area contributed by atoms with Gasteiger partial charge in [0.05, 0.1) is 16.7 Å². The van der Waals surface area contributed by atoms with Gasteiger partial charge in [-0.1, -0.05) is 54.6 Å². The zero-order valence-corrected chi connectivity index (χ0v) is 20.3. The van der Waals surface area contributed by atoms with Crippen LogP contribution in [0, 0.1) is 0 Å². The van der Waals surface area contributed by atoms with Gasteiger partial charge in [0.2, 0.25) is 5.91 Å². The summed E-state index contributed by atoms with van der Waals surface area (Å²) < 4.78 is 0. The van der Waals surface area contributed by atoms with Crippen LogP contribution in [0.4, 0.5) is 5.69 Å². The molecule has 1 atom stereocenters. The van der Waals surface area contributed by atoms with Crippen molar-refractivity contribution in [2.75, 3.05) is 5.32 Å². The van der Waals surface area contributed by atoms with E-state index in [2.05, 4.69) is 15.6 Å². The molecule has 0 aliphatic carbocycles. The van der Waals surface area contributed by atoms with Gasteiger partial charge in [0.25, 0.3) is 17.7 Å². The van der Waals surface area contributed by atoms with Gasteiger partial charge in [-0.05, 0) is 47.5 Å². The van der Waals surface area contributed by atoms with Crippen molar-refractivity contribution >= 4 is 29.3 Å². The Kier molecular flexibility index (Phi) is 7.04. The highest BCUT2D eigenvalue weighted by Crippen LogP contribution is 2.27. The molecule has 0 saturated heterocycles. The number of amides is 4. The monoisotopic (exact) mass is 504 g/mol. The van der Waals surface area contributed by atoms with Gasteiger partial charge in [-0.3, -0.25) is 29.1 Å². The smallest absolute Gasteiger partial charge is 0.262 e.